The first-order valence-corrected chi connectivity index (χ1v) is 10.7. The Morgan fingerprint density at radius 1 is 0.852 bits per heavy atom. The van der Waals surface area contributed by atoms with Gasteiger partial charge in [-0.25, -0.2) is 0 Å². The highest BCUT2D eigenvalue weighted by atomic mass is 32.2. The molecule has 148 valence electrons. The van der Waals surface area contributed by atoms with Gasteiger partial charge in [-0.05, 0) is 81.7 Å². The molecule has 0 heterocycles. The third-order valence-electron chi connectivity index (χ3n) is 4.32. The van der Waals surface area contributed by atoms with Crippen LogP contribution < -0.4 is 16.2 Å². The van der Waals surface area contributed by atoms with Gasteiger partial charge in [0.25, 0.3) is 0 Å². The van der Waals surface area contributed by atoms with E-state index in [1.165, 1.54) is 38.9 Å². The third-order valence-corrected chi connectivity index (χ3v) is 5.30. The van der Waals surface area contributed by atoms with E-state index in [2.05, 4.69) is 30.9 Å². The Bertz CT molecular complexity index is 687. The maximum absolute atomic E-state index is 5.95. The van der Waals surface area contributed by atoms with Gasteiger partial charge >= 0.3 is 0 Å². The van der Waals surface area contributed by atoms with Gasteiger partial charge in [-0.1, -0.05) is 31.7 Å². The summed E-state index contributed by atoms with van der Waals surface area (Å²) in [6.07, 6.45) is 4.70. The summed E-state index contributed by atoms with van der Waals surface area (Å²) in [5.74, 6) is 0.919. The van der Waals surface area contributed by atoms with Crippen LogP contribution in [0.2, 0.25) is 0 Å². The molecule has 4 N–H and O–H groups in total. The summed E-state index contributed by atoms with van der Waals surface area (Å²) in [4.78, 5) is 4.76. The quantitative estimate of drug-likeness (QED) is 0.383. The van der Waals surface area contributed by atoms with Gasteiger partial charge in [0.15, 0.2) is 0 Å². The van der Waals surface area contributed by atoms with Crippen molar-refractivity contribution in [3.63, 3.8) is 0 Å². The van der Waals surface area contributed by atoms with Gasteiger partial charge in [-0.3, -0.25) is 0 Å². The van der Waals surface area contributed by atoms with E-state index in [1.807, 2.05) is 30.3 Å². The van der Waals surface area contributed by atoms with Crippen molar-refractivity contribution in [1.29, 1.82) is 0 Å². The van der Waals surface area contributed by atoms with Crippen LogP contribution in [0, 0.1) is 0 Å². The Labute approximate surface area is 168 Å². The van der Waals surface area contributed by atoms with E-state index >= 15 is 0 Å². The van der Waals surface area contributed by atoms with Crippen LogP contribution in [0.3, 0.4) is 0 Å². The number of rotatable bonds is 12. The predicted octanol–water partition coefficient (Wildman–Crippen LogP) is 5.28. The average Bonchev–Trinajstić information content (AvgIpc) is 2.65. The summed E-state index contributed by atoms with van der Waals surface area (Å²) >= 11 is 1.66. The molecular weight excluding hydrogens is 354 g/mol. The predicted molar refractivity (Wildman–Crippen MR) is 118 cm³/mol. The van der Waals surface area contributed by atoms with Gasteiger partial charge in [0.05, 0.1) is 18.0 Å². The number of hydrogen-bond acceptors (Lipinski definition) is 5. The van der Waals surface area contributed by atoms with E-state index in [0.717, 1.165) is 28.6 Å². The van der Waals surface area contributed by atoms with Crippen LogP contribution in [0.4, 0.5) is 11.4 Å². The number of ether oxygens (including phenoxy) is 1. The Balaban J connectivity index is 1.77. The average molecular weight is 388 g/mol. The number of unbranched alkanes of at least 4 members (excludes halogenated alkanes) is 1. The number of nitrogens with zero attached hydrogens (tertiary/aromatic N) is 1. The summed E-state index contributed by atoms with van der Waals surface area (Å²) in [7, 11) is 0. The molecule has 2 aromatic rings. The van der Waals surface area contributed by atoms with Gasteiger partial charge < -0.3 is 21.1 Å². The summed E-state index contributed by atoms with van der Waals surface area (Å²) in [6.45, 7) is 8.81. The molecule has 5 heteroatoms. The molecule has 27 heavy (non-hydrogen) atoms. The monoisotopic (exact) mass is 387 g/mol. The van der Waals surface area contributed by atoms with Crippen molar-refractivity contribution in [3.05, 3.63) is 42.5 Å². The van der Waals surface area contributed by atoms with Gasteiger partial charge in [0.2, 0.25) is 0 Å². The van der Waals surface area contributed by atoms with E-state index in [9.17, 15) is 0 Å². The summed E-state index contributed by atoms with van der Waals surface area (Å²) in [5, 5.41) is 0. The highest BCUT2D eigenvalue weighted by Crippen LogP contribution is 2.32. The zero-order valence-electron chi connectivity index (χ0n) is 16.6. The zero-order valence-corrected chi connectivity index (χ0v) is 17.4. The second-order valence-electron chi connectivity index (χ2n) is 6.76. The smallest absolute Gasteiger partial charge is 0.120 e. The highest BCUT2D eigenvalue weighted by molar-refractivity contribution is 7.99. The van der Waals surface area contributed by atoms with Crippen molar-refractivity contribution < 1.29 is 4.74 Å². The minimum atomic E-state index is 0.618. The molecule has 0 saturated heterocycles. The lowest BCUT2D eigenvalue weighted by Crippen LogP contribution is -2.26. The van der Waals surface area contributed by atoms with E-state index in [4.69, 9.17) is 16.2 Å². The van der Waals surface area contributed by atoms with Crippen molar-refractivity contribution in [2.24, 2.45) is 0 Å². The number of nitrogen functional groups attached to an aromatic ring is 2. The summed E-state index contributed by atoms with van der Waals surface area (Å²) in [5.41, 5.74) is 12.9. The van der Waals surface area contributed by atoms with Crippen LogP contribution in [-0.2, 0) is 0 Å². The largest absolute Gasteiger partial charge is 0.494 e. The lowest BCUT2D eigenvalue weighted by Gasteiger charge is -2.20. The minimum Gasteiger partial charge on any atom is -0.494 e. The molecule has 0 amide bonds. The Morgan fingerprint density at radius 2 is 1.59 bits per heavy atom. The van der Waals surface area contributed by atoms with Crippen LogP contribution >= 0.6 is 11.8 Å². The normalized spacial score (nSPS) is 11.1. The van der Waals surface area contributed by atoms with E-state index in [0.29, 0.717) is 11.4 Å². The molecule has 0 spiro atoms. The fourth-order valence-electron chi connectivity index (χ4n) is 2.98. The van der Waals surface area contributed by atoms with Crippen LogP contribution in [0.5, 0.6) is 5.75 Å². The molecule has 2 aromatic carbocycles. The number of nitrogens with two attached hydrogens (primary N) is 2. The first-order chi connectivity index (χ1) is 13.1. The van der Waals surface area contributed by atoms with Gasteiger partial charge in [0, 0.05) is 9.79 Å². The Hall–Kier alpha value is -1.85. The molecule has 4 nitrogen and oxygen atoms in total. The molecule has 0 aliphatic rings. The van der Waals surface area contributed by atoms with E-state index in [-0.39, 0.29) is 0 Å². The van der Waals surface area contributed by atoms with Crippen LogP contribution in [-0.4, -0.2) is 31.1 Å². The molecule has 0 radical (unpaired) electrons. The molecule has 0 aliphatic carbocycles. The lowest BCUT2D eigenvalue weighted by atomic mass is 10.2. The first kappa shape index (κ1) is 21.5. The van der Waals surface area contributed by atoms with E-state index in [1.54, 1.807) is 11.8 Å². The molecule has 0 unspecified atom stereocenters. The first-order valence-electron chi connectivity index (χ1n) is 9.90. The standard InChI is InChI=1S/C22H33N3OS/c1-3-12-25(13-4-2)14-5-6-15-26-18-8-7-9-19(16-18)27-20-10-11-21(23)22(24)17-20/h7-11,16-17H,3-6,12-15,23-24H2,1-2H3. The molecule has 0 saturated carbocycles. The Kier molecular flexibility index (Phi) is 9.36. The highest BCUT2D eigenvalue weighted by Gasteiger charge is 2.04. The number of hydrogen-bond donors (Lipinski definition) is 2. The second kappa shape index (κ2) is 11.8. The fourth-order valence-corrected chi connectivity index (χ4v) is 3.89. The maximum Gasteiger partial charge on any atom is 0.120 e. The topological polar surface area (TPSA) is 64.5 Å². The molecular formula is C22H33N3OS. The van der Waals surface area contributed by atoms with Gasteiger partial charge in [-0.2, -0.15) is 0 Å². The number of anilines is 2. The van der Waals surface area contributed by atoms with Gasteiger partial charge in [0.1, 0.15) is 5.75 Å². The SMILES string of the molecule is CCCN(CCC)CCCCOc1cccc(Sc2ccc(N)c(N)c2)c1. The molecule has 0 atom stereocenters. The Morgan fingerprint density at radius 3 is 2.30 bits per heavy atom. The summed E-state index contributed by atoms with van der Waals surface area (Å²) in [6, 6.07) is 14.0. The van der Waals surface area contributed by atoms with Crippen LogP contribution in [0.25, 0.3) is 0 Å². The molecule has 0 aliphatic heterocycles. The van der Waals surface area contributed by atoms with Gasteiger partial charge in [-0.15, -0.1) is 0 Å². The summed E-state index contributed by atoms with van der Waals surface area (Å²) < 4.78 is 5.95. The molecule has 0 aromatic heterocycles. The number of benzene rings is 2. The van der Waals surface area contributed by atoms with Crippen molar-refractivity contribution in [2.45, 2.75) is 49.3 Å². The van der Waals surface area contributed by atoms with Crippen LogP contribution in [0.15, 0.2) is 52.3 Å². The molecule has 2 rings (SSSR count). The van der Waals surface area contributed by atoms with Crippen LogP contribution in [0.1, 0.15) is 39.5 Å². The van der Waals surface area contributed by atoms with Crippen molar-refractivity contribution >= 4 is 23.1 Å². The maximum atomic E-state index is 5.95. The van der Waals surface area contributed by atoms with Crippen molar-refractivity contribution in [3.8, 4) is 5.75 Å². The molecule has 0 bridgehead atoms. The molecule has 0 fully saturated rings. The second-order valence-corrected chi connectivity index (χ2v) is 7.91. The third kappa shape index (κ3) is 7.73. The minimum absolute atomic E-state index is 0.618. The van der Waals surface area contributed by atoms with Crippen molar-refractivity contribution in [1.82, 2.24) is 4.90 Å². The zero-order chi connectivity index (χ0) is 19.5. The lowest BCUT2D eigenvalue weighted by molar-refractivity contribution is 0.249. The fraction of sp³-hybridized carbons (Fsp3) is 0.455. The van der Waals surface area contributed by atoms with E-state index < -0.39 is 0 Å². The van der Waals surface area contributed by atoms with Crippen molar-refractivity contribution in [2.75, 3.05) is 37.7 Å².